The van der Waals surface area contributed by atoms with Crippen molar-refractivity contribution in [3.63, 3.8) is 0 Å². The van der Waals surface area contributed by atoms with Crippen LogP contribution < -0.4 is 10.2 Å². The molecule has 2 aromatic carbocycles. The minimum absolute atomic E-state index is 0.127. The Morgan fingerprint density at radius 2 is 1.87 bits per heavy atom. The van der Waals surface area contributed by atoms with Crippen LogP contribution in [0.2, 0.25) is 10.0 Å². The molecule has 6 heteroatoms. The second kappa shape index (κ2) is 7.99. The molecule has 0 aliphatic heterocycles. The molecule has 0 unspecified atom stereocenters. The summed E-state index contributed by atoms with van der Waals surface area (Å²) in [4.78, 5) is 11.8. The second-order valence-electron chi connectivity index (χ2n) is 4.94. The Hall–Kier alpha value is -2.04. The summed E-state index contributed by atoms with van der Waals surface area (Å²) >= 11 is 11.8. The fourth-order valence-corrected chi connectivity index (χ4v) is 2.03. The Labute approximate surface area is 145 Å². The van der Waals surface area contributed by atoms with Gasteiger partial charge in [0.05, 0.1) is 5.71 Å². The zero-order chi connectivity index (χ0) is 16.8. The number of carbonyl (C=O) groups is 1. The van der Waals surface area contributed by atoms with Crippen molar-refractivity contribution in [2.45, 2.75) is 13.8 Å². The van der Waals surface area contributed by atoms with E-state index in [9.17, 15) is 4.79 Å². The van der Waals surface area contributed by atoms with Gasteiger partial charge in [0.15, 0.2) is 6.61 Å². The first-order valence-electron chi connectivity index (χ1n) is 6.94. The van der Waals surface area contributed by atoms with Gasteiger partial charge in [-0.15, -0.1) is 0 Å². The Morgan fingerprint density at radius 3 is 2.52 bits per heavy atom. The van der Waals surface area contributed by atoms with Gasteiger partial charge >= 0.3 is 0 Å². The lowest BCUT2D eigenvalue weighted by atomic mass is 10.1. The summed E-state index contributed by atoms with van der Waals surface area (Å²) in [7, 11) is 0. The number of ether oxygens (including phenoxy) is 1. The first-order chi connectivity index (χ1) is 11.0. The molecule has 0 saturated heterocycles. The highest BCUT2D eigenvalue weighted by atomic mass is 35.5. The topological polar surface area (TPSA) is 50.7 Å². The quantitative estimate of drug-likeness (QED) is 0.648. The molecule has 4 nitrogen and oxygen atoms in total. The van der Waals surface area contributed by atoms with Gasteiger partial charge in [-0.3, -0.25) is 4.79 Å². The highest BCUT2D eigenvalue weighted by Gasteiger charge is 2.04. The number of benzene rings is 2. The van der Waals surface area contributed by atoms with Crippen LogP contribution in [0.5, 0.6) is 5.75 Å². The largest absolute Gasteiger partial charge is 0.484 e. The lowest BCUT2D eigenvalue weighted by Gasteiger charge is -2.07. The molecule has 0 spiro atoms. The van der Waals surface area contributed by atoms with E-state index < -0.39 is 0 Å². The van der Waals surface area contributed by atoms with Crippen LogP contribution >= 0.6 is 23.2 Å². The van der Waals surface area contributed by atoms with E-state index in [1.54, 1.807) is 37.3 Å². The maximum Gasteiger partial charge on any atom is 0.277 e. The van der Waals surface area contributed by atoms with Gasteiger partial charge in [-0.2, -0.15) is 5.10 Å². The summed E-state index contributed by atoms with van der Waals surface area (Å²) in [6.07, 6.45) is 0. The molecule has 0 aromatic heterocycles. The van der Waals surface area contributed by atoms with E-state index in [2.05, 4.69) is 10.5 Å². The third kappa shape index (κ3) is 5.27. The van der Waals surface area contributed by atoms with Crippen LogP contribution in [0.25, 0.3) is 0 Å². The highest BCUT2D eigenvalue weighted by molar-refractivity contribution is 6.31. The first kappa shape index (κ1) is 17.3. The van der Waals surface area contributed by atoms with Crippen LogP contribution in [0.15, 0.2) is 47.6 Å². The van der Waals surface area contributed by atoms with Crippen molar-refractivity contribution in [3.05, 3.63) is 63.6 Å². The second-order valence-corrected chi connectivity index (χ2v) is 5.78. The van der Waals surface area contributed by atoms with Crippen LogP contribution in [0.4, 0.5) is 0 Å². The Morgan fingerprint density at radius 1 is 1.17 bits per heavy atom. The molecular weight excluding hydrogens is 335 g/mol. The predicted molar refractivity (Wildman–Crippen MR) is 93.5 cm³/mol. The third-order valence-electron chi connectivity index (χ3n) is 3.11. The van der Waals surface area contributed by atoms with Crippen LogP contribution in [0.1, 0.15) is 18.1 Å². The van der Waals surface area contributed by atoms with Crippen LogP contribution in [0, 0.1) is 6.92 Å². The van der Waals surface area contributed by atoms with Crippen molar-refractivity contribution in [1.82, 2.24) is 5.43 Å². The maximum atomic E-state index is 11.8. The van der Waals surface area contributed by atoms with E-state index in [4.69, 9.17) is 27.9 Å². The molecule has 0 fully saturated rings. The van der Waals surface area contributed by atoms with Gasteiger partial charge in [0, 0.05) is 10.0 Å². The number of nitrogens with one attached hydrogen (secondary N) is 1. The molecule has 1 N–H and O–H groups in total. The summed E-state index contributed by atoms with van der Waals surface area (Å²) in [5.74, 6) is 0.242. The number of hydrogen-bond acceptors (Lipinski definition) is 3. The molecular formula is C17H16Cl2N2O2. The fourth-order valence-electron chi connectivity index (χ4n) is 1.79. The number of amides is 1. The first-order valence-corrected chi connectivity index (χ1v) is 7.69. The highest BCUT2D eigenvalue weighted by Crippen LogP contribution is 2.20. The summed E-state index contributed by atoms with van der Waals surface area (Å²) < 4.78 is 5.40. The van der Waals surface area contributed by atoms with Gasteiger partial charge in [-0.05, 0) is 55.3 Å². The number of halogens is 2. The van der Waals surface area contributed by atoms with Gasteiger partial charge in [-0.1, -0.05) is 35.3 Å². The lowest BCUT2D eigenvalue weighted by Crippen LogP contribution is -2.25. The number of hydrazone groups is 1. The van der Waals surface area contributed by atoms with Crippen molar-refractivity contribution in [1.29, 1.82) is 0 Å². The summed E-state index contributed by atoms with van der Waals surface area (Å²) in [5.41, 5.74) is 4.90. The predicted octanol–water partition coefficient (Wildman–Crippen LogP) is 4.22. The molecule has 23 heavy (non-hydrogen) atoms. The number of hydrogen-bond donors (Lipinski definition) is 1. The van der Waals surface area contributed by atoms with Gasteiger partial charge in [0.25, 0.3) is 5.91 Å². The van der Waals surface area contributed by atoms with Crippen molar-refractivity contribution in [2.24, 2.45) is 5.10 Å². The summed E-state index contributed by atoms with van der Waals surface area (Å²) in [6, 6.07) is 12.4. The molecule has 2 rings (SSSR count). The zero-order valence-electron chi connectivity index (χ0n) is 12.8. The Bertz CT molecular complexity index is 728. The molecule has 120 valence electrons. The van der Waals surface area contributed by atoms with E-state index in [-0.39, 0.29) is 12.5 Å². The molecule has 0 radical (unpaired) electrons. The number of aryl methyl sites for hydroxylation is 1. The lowest BCUT2D eigenvalue weighted by molar-refractivity contribution is -0.123. The average molecular weight is 351 g/mol. The van der Waals surface area contributed by atoms with E-state index in [1.807, 2.05) is 19.1 Å². The van der Waals surface area contributed by atoms with Gasteiger partial charge in [-0.25, -0.2) is 5.43 Å². The number of rotatable bonds is 5. The van der Waals surface area contributed by atoms with Gasteiger partial charge in [0.2, 0.25) is 0 Å². The smallest absolute Gasteiger partial charge is 0.277 e. The zero-order valence-corrected chi connectivity index (χ0v) is 14.3. The van der Waals surface area contributed by atoms with E-state index in [0.717, 1.165) is 11.1 Å². The molecule has 0 atom stereocenters. The summed E-state index contributed by atoms with van der Waals surface area (Å²) in [6.45, 7) is 3.54. The van der Waals surface area contributed by atoms with Crippen LogP contribution in [-0.4, -0.2) is 18.2 Å². The molecule has 0 heterocycles. The summed E-state index contributed by atoms with van der Waals surface area (Å²) in [5, 5.41) is 5.35. The molecule has 0 aliphatic rings. The minimum Gasteiger partial charge on any atom is -0.484 e. The normalized spacial score (nSPS) is 11.2. The Balaban J connectivity index is 1.88. The monoisotopic (exact) mass is 350 g/mol. The van der Waals surface area contributed by atoms with Crippen LogP contribution in [-0.2, 0) is 4.79 Å². The van der Waals surface area contributed by atoms with Gasteiger partial charge in [0.1, 0.15) is 5.75 Å². The fraction of sp³-hybridized carbons (Fsp3) is 0.176. The van der Waals surface area contributed by atoms with E-state index in [1.165, 1.54) is 0 Å². The van der Waals surface area contributed by atoms with E-state index in [0.29, 0.717) is 21.5 Å². The molecule has 0 aliphatic carbocycles. The van der Waals surface area contributed by atoms with Crippen molar-refractivity contribution in [3.8, 4) is 5.75 Å². The average Bonchev–Trinajstić information content (AvgIpc) is 2.54. The number of nitrogens with zero attached hydrogens (tertiary/aromatic N) is 1. The molecule has 1 amide bonds. The molecule has 0 bridgehead atoms. The van der Waals surface area contributed by atoms with Crippen molar-refractivity contribution < 1.29 is 9.53 Å². The minimum atomic E-state index is -0.342. The van der Waals surface area contributed by atoms with E-state index >= 15 is 0 Å². The number of carbonyl (C=O) groups excluding carboxylic acids is 1. The Kier molecular flexibility index (Phi) is 6.02. The van der Waals surface area contributed by atoms with Crippen molar-refractivity contribution in [2.75, 3.05) is 6.61 Å². The van der Waals surface area contributed by atoms with Crippen molar-refractivity contribution >= 4 is 34.8 Å². The molecule has 0 saturated carbocycles. The van der Waals surface area contributed by atoms with Crippen LogP contribution in [0.3, 0.4) is 0 Å². The van der Waals surface area contributed by atoms with Gasteiger partial charge < -0.3 is 4.74 Å². The third-order valence-corrected chi connectivity index (χ3v) is 3.79. The SMILES string of the molecule is CC(=NNC(=O)COc1ccc(Cl)c(C)c1)c1ccc(Cl)cc1. The molecule has 2 aromatic rings. The standard InChI is InChI=1S/C17H16Cl2N2O2/c1-11-9-15(7-8-16(11)19)23-10-17(22)21-20-12(2)13-3-5-14(18)6-4-13/h3-9H,10H2,1-2H3,(H,21,22). The maximum absolute atomic E-state index is 11.8.